The molecule has 1 aliphatic rings. The molecule has 0 radical (unpaired) electrons. The zero-order valence-electron chi connectivity index (χ0n) is 19.8. The lowest BCUT2D eigenvalue weighted by molar-refractivity contribution is -0.144. The van der Waals surface area contributed by atoms with Crippen molar-refractivity contribution in [3.05, 3.63) is 59.9 Å². The smallest absolute Gasteiger partial charge is 0.247 e. The van der Waals surface area contributed by atoms with Gasteiger partial charge < -0.3 is 10.2 Å². The van der Waals surface area contributed by atoms with Crippen LogP contribution in [0.25, 0.3) is 11.0 Å². The van der Waals surface area contributed by atoms with Crippen LogP contribution in [0.4, 0.5) is 4.39 Å². The van der Waals surface area contributed by atoms with Gasteiger partial charge in [-0.2, -0.15) is 0 Å². The molecule has 180 valence electrons. The minimum Gasteiger partial charge on any atom is -0.354 e. The molecule has 0 aliphatic heterocycles. The van der Waals surface area contributed by atoms with E-state index in [1.165, 1.54) is 12.1 Å². The topological polar surface area (TPSA) is 80.1 Å². The number of para-hydroxylation sites is 1. The summed E-state index contributed by atoms with van der Waals surface area (Å²) in [6, 6.07) is 12.5. The summed E-state index contributed by atoms with van der Waals surface area (Å²) in [5.74, 6) is -0.375. The van der Waals surface area contributed by atoms with Crippen LogP contribution in [0.3, 0.4) is 0 Å². The normalized spacial score (nSPS) is 15.1. The number of hydrogen-bond acceptors (Lipinski definition) is 4. The van der Waals surface area contributed by atoms with E-state index in [-0.39, 0.29) is 30.2 Å². The number of carbonyl (C=O) groups excluding carboxylic acids is 2. The summed E-state index contributed by atoms with van der Waals surface area (Å²) in [4.78, 5) is 29.0. The second-order valence-electron chi connectivity index (χ2n) is 9.40. The molecule has 1 heterocycles. The predicted molar refractivity (Wildman–Crippen MR) is 128 cm³/mol. The van der Waals surface area contributed by atoms with E-state index in [1.807, 2.05) is 24.3 Å². The Bertz CT molecular complexity index is 1120. The Balaban J connectivity index is 1.67. The number of halogens is 1. The Kier molecular flexibility index (Phi) is 7.55. The van der Waals surface area contributed by atoms with Crippen molar-refractivity contribution in [2.45, 2.75) is 64.6 Å². The summed E-state index contributed by atoms with van der Waals surface area (Å²) >= 11 is 0. The van der Waals surface area contributed by atoms with Gasteiger partial charge in [-0.1, -0.05) is 56.2 Å². The Morgan fingerprint density at radius 2 is 1.82 bits per heavy atom. The SMILES string of the molecule is CC(C)CCNC(=O)C(c1ccc(F)cc1)N(C(=O)Cn1nnc2ccccc21)C1CCCC1. The Morgan fingerprint density at radius 1 is 1.12 bits per heavy atom. The maximum absolute atomic E-state index is 13.8. The van der Waals surface area contributed by atoms with Gasteiger partial charge in [-0.25, -0.2) is 9.07 Å². The van der Waals surface area contributed by atoms with Crippen molar-refractivity contribution in [1.29, 1.82) is 0 Å². The number of carbonyl (C=O) groups is 2. The van der Waals surface area contributed by atoms with Crippen LogP contribution >= 0.6 is 0 Å². The fourth-order valence-electron chi connectivity index (χ4n) is 4.65. The monoisotopic (exact) mass is 465 g/mol. The summed E-state index contributed by atoms with van der Waals surface area (Å²) in [6.07, 6.45) is 4.52. The standard InChI is InChI=1S/C26H32FN5O2/c1-18(2)15-16-28-26(34)25(19-11-13-20(27)14-12-19)32(21-7-3-4-8-21)24(33)17-31-23-10-6-5-9-22(23)29-30-31/h5-6,9-14,18,21,25H,3-4,7-8,15-17H2,1-2H3,(H,28,34). The van der Waals surface area contributed by atoms with Crippen molar-refractivity contribution < 1.29 is 14.0 Å². The van der Waals surface area contributed by atoms with Gasteiger partial charge in [-0.05, 0) is 55.0 Å². The highest BCUT2D eigenvalue weighted by molar-refractivity contribution is 5.89. The highest BCUT2D eigenvalue weighted by atomic mass is 19.1. The number of nitrogens with zero attached hydrogens (tertiary/aromatic N) is 4. The van der Waals surface area contributed by atoms with E-state index >= 15 is 0 Å². The van der Waals surface area contributed by atoms with Crippen LogP contribution in [0, 0.1) is 11.7 Å². The van der Waals surface area contributed by atoms with Gasteiger partial charge in [0.25, 0.3) is 0 Å². The number of fused-ring (bicyclic) bond motifs is 1. The summed E-state index contributed by atoms with van der Waals surface area (Å²) in [7, 11) is 0. The molecule has 8 heteroatoms. The fraction of sp³-hybridized carbons (Fsp3) is 0.462. The first-order chi connectivity index (χ1) is 16.4. The van der Waals surface area contributed by atoms with E-state index in [1.54, 1.807) is 21.7 Å². The second kappa shape index (κ2) is 10.8. The van der Waals surface area contributed by atoms with Crippen LogP contribution in [0.15, 0.2) is 48.5 Å². The van der Waals surface area contributed by atoms with Crippen molar-refractivity contribution >= 4 is 22.8 Å². The van der Waals surface area contributed by atoms with Gasteiger partial charge in [-0.3, -0.25) is 9.59 Å². The van der Waals surface area contributed by atoms with Gasteiger partial charge in [0, 0.05) is 12.6 Å². The van der Waals surface area contributed by atoms with E-state index in [2.05, 4.69) is 29.5 Å². The molecule has 34 heavy (non-hydrogen) atoms. The average Bonchev–Trinajstić information content (AvgIpc) is 3.48. The molecule has 0 spiro atoms. The first-order valence-electron chi connectivity index (χ1n) is 12.1. The van der Waals surface area contributed by atoms with Crippen molar-refractivity contribution in [3.8, 4) is 0 Å². The first kappa shape index (κ1) is 23.9. The zero-order chi connectivity index (χ0) is 24.1. The molecular formula is C26H32FN5O2. The van der Waals surface area contributed by atoms with Crippen LogP contribution < -0.4 is 5.32 Å². The average molecular weight is 466 g/mol. The molecule has 2 aromatic carbocycles. The lowest BCUT2D eigenvalue weighted by atomic mass is 10.0. The van der Waals surface area contributed by atoms with Crippen LogP contribution in [-0.2, 0) is 16.1 Å². The molecule has 1 atom stereocenters. The molecule has 1 aromatic heterocycles. The molecule has 1 N–H and O–H groups in total. The number of rotatable bonds is 9. The number of aromatic nitrogens is 3. The van der Waals surface area contributed by atoms with E-state index in [0.29, 0.717) is 23.5 Å². The van der Waals surface area contributed by atoms with Crippen LogP contribution in [0.5, 0.6) is 0 Å². The summed E-state index contributed by atoms with van der Waals surface area (Å²) in [6.45, 7) is 4.70. The maximum Gasteiger partial charge on any atom is 0.247 e. The van der Waals surface area contributed by atoms with Crippen molar-refractivity contribution in [2.24, 2.45) is 5.92 Å². The van der Waals surface area contributed by atoms with Crippen LogP contribution in [0.1, 0.15) is 57.6 Å². The molecule has 1 saturated carbocycles. The summed E-state index contributed by atoms with van der Waals surface area (Å²) < 4.78 is 15.3. The van der Waals surface area contributed by atoms with E-state index in [0.717, 1.165) is 37.6 Å². The molecule has 1 fully saturated rings. The summed E-state index contributed by atoms with van der Waals surface area (Å²) in [5.41, 5.74) is 2.08. The largest absolute Gasteiger partial charge is 0.354 e. The molecule has 1 aliphatic carbocycles. The van der Waals surface area contributed by atoms with Crippen molar-refractivity contribution in [3.63, 3.8) is 0 Å². The maximum atomic E-state index is 13.8. The van der Waals surface area contributed by atoms with E-state index in [9.17, 15) is 14.0 Å². The molecular weight excluding hydrogens is 433 g/mol. The quantitative estimate of drug-likeness (QED) is 0.513. The van der Waals surface area contributed by atoms with Gasteiger partial charge in [0.15, 0.2) is 0 Å². The van der Waals surface area contributed by atoms with E-state index < -0.39 is 6.04 Å². The third-order valence-electron chi connectivity index (χ3n) is 6.44. The first-order valence-corrected chi connectivity index (χ1v) is 12.1. The van der Waals surface area contributed by atoms with E-state index in [4.69, 9.17) is 0 Å². The molecule has 4 rings (SSSR count). The molecule has 0 saturated heterocycles. The van der Waals surface area contributed by atoms with Crippen molar-refractivity contribution in [1.82, 2.24) is 25.2 Å². The molecule has 7 nitrogen and oxygen atoms in total. The van der Waals surface area contributed by atoms with Gasteiger partial charge in [0.2, 0.25) is 11.8 Å². The second-order valence-corrected chi connectivity index (χ2v) is 9.40. The zero-order valence-corrected chi connectivity index (χ0v) is 19.8. The summed E-state index contributed by atoms with van der Waals surface area (Å²) in [5, 5.41) is 11.3. The number of amides is 2. The number of hydrogen-bond donors (Lipinski definition) is 1. The number of nitrogens with one attached hydrogen (secondary N) is 1. The lowest BCUT2D eigenvalue weighted by Crippen LogP contribution is -2.49. The lowest BCUT2D eigenvalue weighted by Gasteiger charge is -2.36. The molecule has 1 unspecified atom stereocenters. The fourth-order valence-corrected chi connectivity index (χ4v) is 4.65. The highest BCUT2D eigenvalue weighted by Crippen LogP contribution is 2.32. The Labute approximate surface area is 199 Å². The van der Waals surface area contributed by atoms with Gasteiger partial charge in [-0.15, -0.1) is 5.10 Å². The molecule has 0 bridgehead atoms. The third-order valence-corrected chi connectivity index (χ3v) is 6.44. The molecule has 2 amide bonds. The Hall–Kier alpha value is -3.29. The minimum atomic E-state index is -0.835. The minimum absolute atomic E-state index is 0.0199. The van der Waals surface area contributed by atoms with Gasteiger partial charge in [0.1, 0.15) is 23.9 Å². The third kappa shape index (κ3) is 5.43. The Morgan fingerprint density at radius 3 is 2.53 bits per heavy atom. The van der Waals surface area contributed by atoms with Crippen LogP contribution in [-0.4, -0.2) is 44.3 Å². The van der Waals surface area contributed by atoms with Crippen LogP contribution in [0.2, 0.25) is 0 Å². The van der Waals surface area contributed by atoms with Crippen molar-refractivity contribution in [2.75, 3.05) is 6.54 Å². The van der Waals surface area contributed by atoms with Gasteiger partial charge in [0.05, 0.1) is 5.52 Å². The number of benzene rings is 2. The molecule has 3 aromatic rings. The predicted octanol–water partition coefficient (Wildman–Crippen LogP) is 4.25. The van der Waals surface area contributed by atoms with Gasteiger partial charge >= 0.3 is 0 Å². The highest BCUT2D eigenvalue weighted by Gasteiger charge is 2.37.